The van der Waals surface area contributed by atoms with Gasteiger partial charge in [-0.1, -0.05) is 30.3 Å². The molecule has 72 valence electrons. The lowest BCUT2D eigenvalue weighted by atomic mass is 10.1. The fourth-order valence-corrected chi connectivity index (χ4v) is 1.34. The van der Waals surface area contributed by atoms with Gasteiger partial charge in [0.05, 0.1) is 6.61 Å². The Bertz CT molecular complexity index is 370. The summed E-state index contributed by atoms with van der Waals surface area (Å²) in [4.78, 5) is 15.3. The van der Waals surface area contributed by atoms with Crippen molar-refractivity contribution in [3.05, 3.63) is 35.9 Å². The normalized spacial score (nSPS) is 18.6. The second-order valence-corrected chi connectivity index (χ2v) is 3.05. The molecule has 0 fully saturated rings. The van der Waals surface area contributed by atoms with Crippen molar-refractivity contribution < 1.29 is 9.53 Å². The van der Waals surface area contributed by atoms with Crippen LogP contribution in [-0.2, 0) is 9.53 Å². The molecule has 0 bridgehead atoms. The Morgan fingerprint density at radius 2 is 2.14 bits per heavy atom. The molecule has 1 aliphatic rings. The third-order valence-electron chi connectivity index (χ3n) is 2.06. The van der Waals surface area contributed by atoms with Crippen LogP contribution in [0.1, 0.15) is 18.5 Å². The second-order valence-electron chi connectivity index (χ2n) is 3.05. The Hall–Kier alpha value is -1.64. The highest BCUT2D eigenvalue weighted by molar-refractivity contribution is 6.44. The smallest absolute Gasteiger partial charge is 0.354 e. The third kappa shape index (κ3) is 1.66. The molecule has 1 aromatic rings. The van der Waals surface area contributed by atoms with Crippen molar-refractivity contribution >= 4 is 11.7 Å². The monoisotopic (exact) mass is 189 g/mol. The predicted molar refractivity (Wildman–Crippen MR) is 53.3 cm³/mol. The first-order chi connectivity index (χ1) is 6.83. The van der Waals surface area contributed by atoms with Crippen LogP contribution in [0.4, 0.5) is 0 Å². The first-order valence-electron chi connectivity index (χ1n) is 4.62. The van der Waals surface area contributed by atoms with Gasteiger partial charge in [0.1, 0.15) is 6.04 Å². The molecule has 3 heteroatoms. The van der Waals surface area contributed by atoms with E-state index < -0.39 is 0 Å². The van der Waals surface area contributed by atoms with Crippen LogP contribution in [0.15, 0.2) is 35.3 Å². The highest BCUT2D eigenvalue weighted by Crippen LogP contribution is 2.31. The molecule has 1 aliphatic heterocycles. The second kappa shape index (κ2) is 3.62. The SMILES string of the molecule is CCOC(=O)C1=NC1c1ccccc1. The summed E-state index contributed by atoms with van der Waals surface area (Å²) in [5.74, 6) is -0.290. The van der Waals surface area contributed by atoms with E-state index in [0.29, 0.717) is 12.3 Å². The molecule has 0 aromatic heterocycles. The highest BCUT2D eigenvalue weighted by Gasteiger charge is 2.36. The zero-order valence-corrected chi connectivity index (χ0v) is 7.93. The minimum atomic E-state index is -0.290. The number of esters is 1. The van der Waals surface area contributed by atoms with Gasteiger partial charge in [-0.3, -0.25) is 4.99 Å². The predicted octanol–water partition coefficient (Wildman–Crippen LogP) is 1.75. The minimum absolute atomic E-state index is 0.0600. The number of carbonyl (C=O) groups excluding carboxylic acids is 1. The van der Waals surface area contributed by atoms with Crippen LogP contribution >= 0.6 is 0 Å². The lowest BCUT2D eigenvalue weighted by Crippen LogP contribution is -2.11. The molecule has 0 amide bonds. The van der Waals surface area contributed by atoms with E-state index in [-0.39, 0.29) is 12.0 Å². The van der Waals surface area contributed by atoms with Crippen molar-refractivity contribution in [3.63, 3.8) is 0 Å². The lowest BCUT2D eigenvalue weighted by molar-refractivity contribution is -0.134. The molecule has 0 N–H and O–H groups in total. The van der Waals surface area contributed by atoms with Gasteiger partial charge >= 0.3 is 5.97 Å². The van der Waals surface area contributed by atoms with Crippen LogP contribution in [-0.4, -0.2) is 18.3 Å². The van der Waals surface area contributed by atoms with E-state index in [0.717, 1.165) is 5.56 Å². The molecule has 0 spiro atoms. The molecule has 1 aromatic carbocycles. The van der Waals surface area contributed by atoms with Crippen LogP contribution in [0.2, 0.25) is 0 Å². The highest BCUT2D eigenvalue weighted by atomic mass is 16.5. The Kier molecular flexibility index (Phi) is 2.31. The average Bonchev–Trinajstić information content (AvgIpc) is 2.99. The van der Waals surface area contributed by atoms with Gasteiger partial charge in [-0.05, 0) is 12.5 Å². The van der Waals surface area contributed by atoms with Gasteiger partial charge in [0.25, 0.3) is 0 Å². The van der Waals surface area contributed by atoms with Gasteiger partial charge < -0.3 is 4.74 Å². The maximum Gasteiger partial charge on any atom is 0.354 e. The van der Waals surface area contributed by atoms with Crippen molar-refractivity contribution in [1.29, 1.82) is 0 Å². The largest absolute Gasteiger partial charge is 0.461 e. The van der Waals surface area contributed by atoms with Crippen LogP contribution in [0.25, 0.3) is 0 Å². The number of carbonyl (C=O) groups is 1. The van der Waals surface area contributed by atoms with Gasteiger partial charge in [-0.15, -0.1) is 0 Å². The molecular formula is C11H11NO2. The van der Waals surface area contributed by atoms with Crippen molar-refractivity contribution in [2.45, 2.75) is 13.0 Å². The van der Waals surface area contributed by atoms with E-state index in [4.69, 9.17) is 4.74 Å². The third-order valence-corrected chi connectivity index (χ3v) is 2.06. The molecule has 3 nitrogen and oxygen atoms in total. The van der Waals surface area contributed by atoms with Crippen LogP contribution in [0.3, 0.4) is 0 Å². The number of rotatable bonds is 3. The summed E-state index contributed by atoms with van der Waals surface area (Å²) in [5, 5.41) is 0. The summed E-state index contributed by atoms with van der Waals surface area (Å²) in [6.07, 6.45) is 0. The summed E-state index contributed by atoms with van der Waals surface area (Å²) in [6, 6.07) is 9.67. The summed E-state index contributed by atoms with van der Waals surface area (Å²) >= 11 is 0. The number of hydrogen-bond acceptors (Lipinski definition) is 3. The molecule has 1 atom stereocenters. The standard InChI is InChI=1S/C11H11NO2/c1-2-14-11(13)10-9(12-10)8-6-4-3-5-7-8/h3-7,9H,2H2,1H3. The summed E-state index contributed by atoms with van der Waals surface area (Å²) < 4.78 is 4.85. The van der Waals surface area contributed by atoms with Crippen molar-refractivity contribution in [2.75, 3.05) is 6.61 Å². The molecule has 0 aliphatic carbocycles. The molecule has 1 heterocycles. The average molecular weight is 189 g/mol. The molecule has 1 unspecified atom stereocenters. The summed E-state index contributed by atoms with van der Waals surface area (Å²) in [7, 11) is 0. The number of nitrogens with zero attached hydrogens (tertiary/aromatic N) is 1. The molecule has 0 saturated heterocycles. The number of hydrogen-bond donors (Lipinski definition) is 0. The fourth-order valence-electron chi connectivity index (χ4n) is 1.34. The van der Waals surface area contributed by atoms with E-state index in [1.165, 1.54) is 0 Å². The van der Waals surface area contributed by atoms with Gasteiger partial charge in [0.15, 0.2) is 5.71 Å². The first kappa shape index (κ1) is 8.94. The Labute approximate surface area is 82.4 Å². The van der Waals surface area contributed by atoms with Gasteiger partial charge in [0.2, 0.25) is 0 Å². The van der Waals surface area contributed by atoms with Crippen molar-refractivity contribution in [3.8, 4) is 0 Å². The Morgan fingerprint density at radius 3 is 2.79 bits per heavy atom. The maximum absolute atomic E-state index is 11.2. The number of benzene rings is 1. The quantitative estimate of drug-likeness (QED) is 0.679. The molecular weight excluding hydrogens is 178 g/mol. The summed E-state index contributed by atoms with van der Waals surface area (Å²) in [6.45, 7) is 2.19. The van der Waals surface area contributed by atoms with E-state index >= 15 is 0 Å². The van der Waals surface area contributed by atoms with Crippen LogP contribution < -0.4 is 0 Å². The first-order valence-corrected chi connectivity index (χ1v) is 4.62. The van der Waals surface area contributed by atoms with Crippen LogP contribution in [0, 0.1) is 0 Å². The van der Waals surface area contributed by atoms with E-state index in [9.17, 15) is 4.79 Å². The fraction of sp³-hybridized carbons (Fsp3) is 0.273. The molecule has 0 radical (unpaired) electrons. The molecule has 2 rings (SSSR count). The van der Waals surface area contributed by atoms with Gasteiger partial charge in [-0.25, -0.2) is 4.79 Å². The summed E-state index contributed by atoms with van der Waals surface area (Å²) in [5.41, 5.74) is 1.59. The van der Waals surface area contributed by atoms with Gasteiger partial charge in [0, 0.05) is 0 Å². The van der Waals surface area contributed by atoms with E-state index in [2.05, 4.69) is 4.99 Å². The Balaban J connectivity index is 1.99. The maximum atomic E-state index is 11.2. The lowest BCUT2D eigenvalue weighted by Gasteiger charge is -1.97. The zero-order chi connectivity index (χ0) is 9.97. The van der Waals surface area contributed by atoms with Gasteiger partial charge in [-0.2, -0.15) is 0 Å². The minimum Gasteiger partial charge on any atom is -0.461 e. The Morgan fingerprint density at radius 1 is 1.43 bits per heavy atom. The molecule has 0 saturated carbocycles. The van der Waals surface area contributed by atoms with Crippen LogP contribution in [0.5, 0.6) is 0 Å². The number of ether oxygens (including phenoxy) is 1. The van der Waals surface area contributed by atoms with E-state index in [1.54, 1.807) is 6.92 Å². The van der Waals surface area contributed by atoms with Crippen molar-refractivity contribution in [2.24, 2.45) is 4.99 Å². The topological polar surface area (TPSA) is 38.7 Å². The van der Waals surface area contributed by atoms with Crippen molar-refractivity contribution in [1.82, 2.24) is 0 Å². The number of aliphatic imine (C=N–C) groups is 1. The molecule has 14 heavy (non-hydrogen) atoms. The van der Waals surface area contributed by atoms with E-state index in [1.807, 2.05) is 30.3 Å². The zero-order valence-electron chi connectivity index (χ0n) is 7.93.